The minimum absolute atomic E-state index is 0.0369. The highest BCUT2D eigenvalue weighted by molar-refractivity contribution is 5.95. The molecule has 19 heteroatoms. The number of carbonyl (C=O) groups excluding carboxylic acids is 5. The van der Waals surface area contributed by atoms with Crippen LogP contribution in [-0.2, 0) is 47.7 Å². The molecule has 0 spiro atoms. The summed E-state index contributed by atoms with van der Waals surface area (Å²) in [6, 6.07) is 25.1. The van der Waals surface area contributed by atoms with Crippen LogP contribution in [0.3, 0.4) is 0 Å². The quantitative estimate of drug-likeness (QED) is 0.0326. The average molecular weight is 1060 g/mol. The number of esters is 2. The Morgan fingerprint density at radius 1 is 0.855 bits per heavy atom. The van der Waals surface area contributed by atoms with E-state index < -0.39 is 71.3 Å². The third kappa shape index (κ3) is 18.1. The molecule has 19 nitrogen and oxygen atoms in total. The number of hydrogen-bond donors (Lipinski definition) is 5. The fourth-order valence-corrected chi connectivity index (χ4v) is 9.77. The highest BCUT2D eigenvalue weighted by atomic mass is 16.7. The number of benzene rings is 3. The molecule has 4 aliphatic rings. The Morgan fingerprint density at radius 2 is 1.42 bits per heavy atom. The Bertz CT molecular complexity index is 2440. The van der Waals surface area contributed by atoms with Gasteiger partial charge < -0.3 is 59.1 Å². The number of hydrogen-bond acceptors (Lipinski definition) is 15. The van der Waals surface area contributed by atoms with Crippen molar-refractivity contribution in [1.82, 2.24) is 10.2 Å². The van der Waals surface area contributed by atoms with Gasteiger partial charge in [-0.05, 0) is 100 Å². The van der Waals surface area contributed by atoms with E-state index in [0.29, 0.717) is 53.7 Å². The standard InChI is InChI=1S/C38H45NO9.C7H6O2.C6H13NO.C4H6O3.C2H4O2/c1-21-29(48-36(43)34(45-5)31(23-12-8-6-9-13-23)39-35(42)24-14-10-7-11-15-24)19-38(44)18-26-25(16-17-28-27(26)20-46-28)32(41)33(47-22(2)40)30(21)37(38,3)4;8-7(9)6-4-2-1-3-5-6;1-7(2)5-3-4-6-8;1-2-3-7-4(5)6;1-2(3)4/h6-15,25-29,31,33-34,44H,16-20H2,1-5H3,(H,39,42);1-5H,(H,8,9);6H,3-5H2,1-2H3;2H,1,3H2,(H,5,6);1H3,(H,3,4)/t25?,26?,27?,28-,29+,31+,33?,34-,38?;;;;/m1..../s1. The van der Waals surface area contributed by atoms with Gasteiger partial charge in [0.25, 0.3) is 11.9 Å². The molecule has 2 saturated carbocycles. The number of unbranched alkanes of at least 4 members (excludes halogenated alkanes) is 1. The van der Waals surface area contributed by atoms with E-state index in [1.54, 1.807) is 85.8 Å². The first-order valence-corrected chi connectivity index (χ1v) is 24.9. The first-order valence-electron chi connectivity index (χ1n) is 24.9. The van der Waals surface area contributed by atoms with Gasteiger partial charge in [0.2, 0.25) is 0 Å². The monoisotopic (exact) mass is 1060 g/mol. The summed E-state index contributed by atoms with van der Waals surface area (Å²) >= 11 is 0. The minimum Gasteiger partial charge on any atom is -0.481 e. The van der Waals surface area contributed by atoms with Gasteiger partial charge in [-0.1, -0.05) is 93.2 Å². The van der Waals surface area contributed by atoms with Crippen LogP contribution in [0.5, 0.6) is 0 Å². The number of amides is 1. The number of nitrogens with one attached hydrogen (secondary N) is 1. The van der Waals surface area contributed by atoms with E-state index in [9.17, 15) is 38.7 Å². The van der Waals surface area contributed by atoms with Crippen molar-refractivity contribution < 1.29 is 82.5 Å². The molecule has 9 atom stereocenters. The third-order valence-electron chi connectivity index (χ3n) is 13.6. The van der Waals surface area contributed by atoms with Crippen molar-refractivity contribution in [1.29, 1.82) is 0 Å². The van der Waals surface area contributed by atoms with Gasteiger partial charge in [-0.25, -0.2) is 14.4 Å². The molecular formula is C57H74N2O17. The Balaban J connectivity index is 0.000000440. The zero-order valence-electron chi connectivity index (χ0n) is 44.5. The first kappa shape index (κ1) is 63.2. The largest absolute Gasteiger partial charge is 0.506 e. The number of methoxy groups -OCH3 is 1. The average Bonchev–Trinajstić information content (AvgIpc) is 3.36. The molecule has 3 aliphatic carbocycles. The number of aliphatic hydroxyl groups is 1. The summed E-state index contributed by atoms with van der Waals surface area (Å²) in [4.78, 5) is 94.8. The summed E-state index contributed by atoms with van der Waals surface area (Å²) in [5.41, 5.74) is -0.000215. The van der Waals surface area contributed by atoms with Crippen LogP contribution in [0.15, 0.2) is 115 Å². The number of carboxylic acids is 2. The van der Waals surface area contributed by atoms with Crippen LogP contribution in [-0.4, -0.2) is 144 Å². The van der Waals surface area contributed by atoms with Crippen molar-refractivity contribution in [2.75, 3.05) is 41.0 Å². The third-order valence-corrected chi connectivity index (χ3v) is 13.6. The Labute approximate surface area is 444 Å². The molecule has 0 radical (unpaired) electrons. The van der Waals surface area contributed by atoms with Crippen molar-refractivity contribution >= 4 is 48.0 Å². The van der Waals surface area contributed by atoms with E-state index >= 15 is 0 Å². The number of aldehydes is 1. The van der Waals surface area contributed by atoms with E-state index in [-0.39, 0.29) is 42.7 Å². The summed E-state index contributed by atoms with van der Waals surface area (Å²) in [5.74, 6) is -4.09. The highest BCUT2D eigenvalue weighted by Gasteiger charge is 2.62. The minimum atomic E-state index is -1.41. The molecule has 3 aromatic carbocycles. The number of Topliss-reactive ketones (excluding diaryl/α,β-unsaturated/α-hetero) is 1. The van der Waals surface area contributed by atoms with Crippen LogP contribution in [0.4, 0.5) is 4.79 Å². The summed E-state index contributed by atoms with van der Waals surface area (Å²) in [6.07, 6.45) is 1.06. The number of carbonyl (C=O) groups is 8. The second-order valence-corrected chi connectivity index (χ2v) is 19.4. The molecule has 5 unspecified atom stereocenters. The molecular weight excluding hydrogens is 985 g/mol. The van der Waals surface area contributed by atoms with Crippen molar-refractivity contribution in [2.45, 2.75) is 109 Å². The topological polar surface area (TPSA) is 279 Å². The summed E-state index contributed by atoms with van der Waals surface area (Å²) in [5, 5.41) is 39.2. The van der Waals surface area contributed by atoms with E-state index in [2.05, 4.69) is 21.5 Å². The number of ether oxygens (including phenoxy) is 5. The van der Waals surface area contributed by atoms with Crippen LogP contribution >= 0.6 is 0 Å². The van der Waals surface area contributed by atoms with Gasteiger partial charge in [-0.2, -0.15) is 0 Å². The molecule has 1 amide bonds. The van der Waals surface area contributed by atoms with Crippen LogP contribution in [0.25, 0.3) is 0 Å². The number of aliphatic carboxylic acids is 1. The lowest BCUT2D eigenvalue weighted by Gasteiger charge is -2.58. The number of carboxylic acid groups (broad SMARTS) is 3. The van der Waals surface area contributed by atoms with Crippen LogP contribution < -0.4 is 5.32 Å². The lowest BCUT2D eigenvalue weighted by Crippen LogP contribution is -2.63. The number of ketones is 1. The molecule has 7 rings (SSSR count). The van der Waals surface area contributed by atoms with Gasteiger partial charge in [-0.3, -0.25) is 19.2 Å². The summed E-state index contributed by atoms with van der Waals surface area (Å²) in [6.45, 7) is 12.7. The summed E-state index contributed by atoms with van der Waals surface area (Å²) < 4.78 is 27.6. The maximum atomic E-state index is 14.3. The second-order valence-electron chi connectivity index (χ2n) is 19.4. The number of rotatable bonds is 15. The Kier molecular flexibility index (Phi) is 25.4. The number of aromatic carboxylic acids is 1. The van der Waals surface area contributed by atoms with Crippen molar-refractivity contribution in [2.24, 2.45) is 23.2 Å². The van der Waals surface area contributed by atoms with E-state index in [1.165, 1.54) is 20.1 Å². The molecule has 3 fully saturated rings. The van der Waals surface area contributed by atoms with Gasteiger partial charge in [0.05, 0.1) is 29.9 Å². The van der Waals surface area contributed by atoms with Crippen LogP contribution in [0, 0.1) is 23.2 Å². The molecule has 414 valence electrons. The fourth-order valence-electron chi connectivity index (χ4n) is 9.77. The van der Waals surface area contributed by atoms with Crippen molar-refractivity contribution in [3.63, 3.8) is 0 Å². The Morgan fingerprint density at radius 3 is 1.87 bits per heavy atom. The van der Waals surface area contributed by atoms with Gasteiger partial charge in [0.1, 0.15) is 19.0 Å². The maximum absolute atomic E-state index is 14.3. The molecule has 2 bridgehead atoms. The SMILES string of the molecule is C=CCOC(=O)O.CC(=O)O.CN(C)CCCC=O.CO[C@@H](C(=O)O[C@H]1CC2(O)CC3C(CC[C@H]4OCC34)C(=O)C(OC(C)=O)C(=C1C)C2(C)C)[C@@H](NC(=O)c1ccccc1)c1ccccc1.O=C(O)c1ccccc1. The number of fused-ring (bicyclic) bond motifs is 5. The second kappa shape index (κ2) is 30.5. The fraction of sp³-hybridized carbons (Fsp3) is 0.474. The number of nitrogens with zero attached hydrogens (tertiary/aromatic N) is 1. The van der Waals surface area contributed by atoms with Gasteiger partial charge in [0.15, 0.2) is 18.0 Å². The molecule has 1 saturated heterocycles. The van der Waals surface area contributed by atoms with Crippen molar-refractivity contribution in [3.8, 4) is 0 Å². The molecule has 1 heterocycles. The normalized spacial score (nSPS) is 23.2. The predicted octanol–water partition coefficient (Wildman–Crippen LogP) is 7.38. The molecule has 3 aromatic rings. The zero-order chi connectivity index (χ0) is 56.8. The van der Waals surface area contributed by atoms with E-state index in [1.807, 2.05) is 40.1 Å². The highest BCUT2D eigenvalue weighted by Crippen LogP contribution is 2.58. The lowest BCUT2D eigenvalue weighted by molar-refractivity contribution is -0.206. The van der Waals surface area contributed by atoms with E-state index in [4.69, 9.17) is 39.1 Å². The first-order chi connectivity index (χ1) is 35.9. The maximum Gasteiger partial charge on any atom is 0.506 e. The summed E-state index contributed by atoms with van der Waals surface area (Å²) in [7, 11) is 5.38. The smallest absolute Gasteiger partial charge is 0.481 e. The van der Waals surface area contributed by atoms with Gasteiger partial charge >= 0.3 is 24.1 Å². The van der Waals surface area contributed by atoms with Gasteiger partial charge in [-0.15, -0.1) is 0 Å². The molecule has 5 N–H and O–H groups in total. The van der Waals surface area contributed by atoms with E-state index in [0.717, 1.165) is 32.6 Å². The Hall–Kier alpha value is -7.06. The van der Waals surface area contributed by atoms with Crippen LogP contribution in [0.1, 0.15) is 105 Å². The van der Waals surface area contributed by atoms with Gasteiger partial charge in [0, 0.05) is 56.6 Å². The molecule has 0 aromatic heterocycles. The lowest BCUT2D eigenvalue weighted by atomic mass is 9.51. The zero-order valence-corrected chi connectivity index (χ0v) is 44.5. The molecule has 1 aliphatic heterocycles. The molecule has 76 heavy (non-hydrogen) atoms. The van der Waals surface area contributed by atoms with Crippen LogP contribution in [0.2, 0.25) is 0 Å². The van der Waals surface area contributed by atoms with Crippen molar-refractivity contribution in [3.05, 3.63) is 131 Å². The predicted molar refractivity (Wildman–Crippen MR) is 279 cm³/mol.